The predicted octanol–water partition coefficient (Wildman–Crippen LogP) is 1.70. The summed E-state index contributed by atoms with van der Waals surface area (Å²) in [5.41, 5.74) is 0.246. The summed E-state index contributed by atoms with van der Waals surface area (Å²) in [5, 5.41) is 3.55. The fourth-order valence-corrected chi connectivity index (χ4v) is 2.74. The van der Waals surface area contributed by atoms with Gasteiger partial charge in [0.15, 0.2) is 0 Å². The number of rotatable bonds is 2. The molecule has 2 heteroatoms. The van der Waals surface area contributed by atoms with Gasteiger partial charge in [0.1, 0.15) is 0 Å². The third-order valence-corrected chi connectivity index (χ3v) is 3.33. The summed E-state index contributed by atoms with van der Waals surface area (Å²) in [7, 11) is 0. The molecular weight excluding hydrogens is 150 g/mol. The molecule has 0 amide bonds. The van der Waals surface area contributed by atoms with Crippen LogP contribution in [0.2, 0.25) is 0 Å². The SMILES string of the molecule is CCNC1CCOC12CCCC2. The lowest BCUT2D eigenvalue weighted by Crippen LogP contribution is -2.45. The molecule has 1 unspecified atom stereocenters. The number of ether oxygens (including phenoxy) is 1. The third-order valence-electron chi connectivity index (χ3n) is 3.33. The van der Waals surface area contributed by atoms with Crippen LogP contribution in [0, 0.1) is 0 Å². The molecule has 0 aromatic heterocycles. The van der Waals surface area contributed by atoms with E-state index in [1.54, 1.807) is 0 Å². The molecule has 2 rings (SSSR count). The van der Waals surface area contributed by atoms with Crippen LogP contribution in [0.4, 0.5) is 0 Å². The molecule has 12 heavy (non-hydrogen) atoms. The van der Waals surface area contributed by atoms with Crippen molar-refractivity contribution in [3.8, 4) is 0 Å². The zero-order valence-corrected chi connectivity index (χ0v) is 7.94. The quantitative estimate of drug-likeness (QED) is 0.679. The van der Waals surface area contributed by atoms with Gasteiger partial charge in [-0.1, -0.05) is 19.8 Å². The van der Waals surface area contributed by atoms with Gasteiger partial charge in [-0.25, -0.2) is 0 Å². The van der Waals surface area contributed by atoms with Crippen LogP contribution < -0.4 is 5.32 Å². The Morgan fingerprint density at radius 1 is 1.42 bits per heavy atom. The van der Waals surface area contributed by atoms with Crippen molar-refractivity contribution in [2.75, 3.05) is 13.2 Å². The Balaban J connectivity index is 2.01. The van der Waals surface area contributed by atoms with E-state index < -0.39 is 0 Å². The van der Waals surface area contributed by atoms with Crippen molar-refractivity contribution < 1.29 is 4.74 Å². The molecule has 0 aromatic carbocycles. The molecule has 0 radical (unpaired) electrons. The zero-order valence-electron chi connectivity index (χ0n) is 7.94. The second-order valence-corrected chi connectivity index (χ2v) is 4.02. The van der Waals surface area contributed by atoms with E-state index in [1.807, 2.05) is 0 Å². The Bertz CT molecular complexity index is 146. The smallest absolute Gasteiger partial charge is 0.0835 e. The molecule has 2 aliphatic rings. The van der Waals surface area contributed by atoms with Gasteiger partial charge in [0.25, 0.3) is 0 Å². The molecule has 1 spiro atoms. The van der Waals surface area contributed by atoms with E-state index in [0.29, 0.717) is 6.04 Å². The topological polar surface area (TPSA) is 21.3 Å². The zero-order chi connectivity index (χ0) is 8.44. The fourth-order valence-electron chi connectivity index (χ4n) is 2.74. The summed E-state index contributed by atoms with van der Waals surface area (Å²) < 4.78 is 5.90. The molecule has 1 heterocycles. The van der Waals surface area contributed by atoms with Gasteiger partial charge >= 0.3 is 0 Å². The first-order valence-electron chi connectivity index (χ1n) is 5.25. The summed E-state index contributed by atoms with van der Waals surface area (Å²) in [6.45, 7) is 4.23. The van der Waals surface area contributed by atoms with Gasteiger partial charge in [-0.05, 0) is 25.8 Å². The van der Waals surface area contributed by atoms with Crippen molar-refractivity contribution in [1.29, 1.82) is 0 Å². The first kappa shape index (κ1) is 8.52. The van der Waals surface area contributed by atoms with Gasteiger partial charge < -0.3 is 10.1 Å². The molecule has 0 aromatic rings. The van der Waals surface area contributed by atoms with Crippen LogP contribution in [0.25, 0.3) is 0 Å². The number of hydrogen-bond acceptors (Lipinski definition) is 2. The van der Waals surface area contributed by atoms with Gasteiger partial charge in [0.05, 0.1) is 5.60 Å². The Morgan fingerprint density at radius 2 is 2.17 bits per heavy atom. The van der Waals surface area contributed by atoms with Crippen LogP contribution in [-0.4, -0.2) is 24.8 Å². The Morgan fingerprint density at radius 3 is 2.83 bits per heavy atom. The van der Waals surface area contributed by atoms with Gasteiger partial charge in [0.2, 0.25) is 0 Å². The minimum atomic E-state index is 0.246. The highest BCUT2D eigenvalue weighted by Crippen LogP contribution is 2.40. The van der Waals surface area contributed by atoms with E-state index in [0.717, 1.165) is 13.2 Å². The van der Waals surface area contributed by atoms with Crippen molar-refractivity contribution in [3.05, 3.63) is 0 Å². The molecule has 1 aliphatic carbocycles. The highest BCUT2D eigenvalue weighted by atomic mass is 16.5. The second-order valence-electron chi connectivity index (χ2n) is 4.02. The predicted molar refractivity (Wildman–Crippen MR) is 49.2 cm³/mol. The monoisotopic (exact) mass is 169 g/mol. The fraction of sp³-hybridized carbons (Fsp3) is 1.00. The maximum absolute atomic E-state index is 5.90. The maximum atomic E-state index is 5.90. The number of likely N-dealkylation sites (N-methyl/N-ethyl adjacent to an activating group) is 1. The molecule has 0 bridgehead atoms. The molecule has 1 saturated heterocycles. The normalized spacial score (nSPS) is 33.2. The average molecular weight is 169 g/mol. The van der Waals surface area contributed by atoms with Crippen molar-refractivity contribution in [1.82, 2.24) is 5.32 Å². The third kappa shape index (κ3) is 1.27. The van der Waals surface area contributed by atoms with E-state index >= 15 is 0 Å². The summed E-state index contributed by atoms with van der Waals surface area (Å²) in [6.07, 6.45) is 6.51. The van der Waals surface area contributed by atoms with E-state index in [9.17, 15) is 0 Å². The summed E-state index contributed by atoms with van der Waals surface area (Å²) >= 11 is 0. The lowest BCUT2D eigenvalue weighted by atomic mass is 9.92. The summed E-state index contributed by atoms with van der Waals surface area (Å²) in [4.78, 5) is 0. The van der Waals surface area contributed by atoms with E-state index in [4.69, 9.17) is 4.74 Å². The summed E-state index contributed by atoms with van der Waals surface area (Å²) in [6, 6.07) is 0.644. The van der Waals surface area contributed by atoms with Crippen molar-refractivity contribution >= 4 is 0 Å². The highest BCUT2D eigenvalue weighted by molar-refractivity contribution is 5.00. The molecule has 1 atom stereocenters. The standard InChI is InChI=1S/C10H19NO/c1-2-11-9-5-8-12-10(9)6-3-4-7-10/h9,11H,2-8H2,1H3. The van der Waals surface area contributed by atoms with E-state index in [2.05, 4.69) is 12.2 Å². The van der Waals surface area contributed by atoms with Gasteiger partial charge in [0, 0.05) is 12.6 Å². The first-order chi connectivity index (χ1) is 5.87. The van der Waals surface area contributed by atoms with Gasteiger partial charge in [-0.15, -0.1) is 0 Å². The number of nitrogens with one attached hydrogen (secondary N) is 1. The van der Waals surface area contributed by atoms with Gasteiger partial charge in [-0.3, -0.25) is 0 Å². The lowest BCUT2D eigenvalue weighted by Gasteiger charge is -2.30. The van der Waals surface area contributed by atoms with Gasteiger partial charge in [-0.2, -0.15) is 0 Å². The van der Waals surface area contributed by atoms with Crippen molar-refractivity contribution in [3.63, 3.8) is 0 Å². The van der Waals surface area contributed by atoms with E-state index in [1.165, 1.54) is 32.1 Å². The minimum Gasteiger partial charge on any atom is -0.373 e. The van der Waals surface area contributed by atoms with Crippen LogP contribution in [0.5, 0.6) is 0 Å². The van der Waals surface area contributed by atoms with Crippen molar-refractivity contribution in [2.24, 2.45) is 0 Å². The minimum absolute atomic E-state index is 0.246. The van der Waals surface area contributed by atoms with Crippen LogP contribution in [0.3, 0.4) is 0 Å². The van der Waals surface area contributed by atoms with Crippen LogP contribution >= 0.6 is 0 Å². The average Bonchev–Trinajstić information content (AvgIpc) is 2.66. The van der Waals surface area contributed by atoms with Crippen LogP contribution in [0.15, 0.2) is 0 Å². The van der Waals surface area contributed by atoms with Crippen LogP contribution in [-0.2, 0) is 4.74 Å². The molecule has 70 valence electrons. The lowest BCUT2D eigenvalue weighted by molar-refractivity contribution is -0.00421. The molecule has 2 nitrogen and oxygen atoms in total. The summed E-state index contributed by atoms with van der Waals surface area (Å²) in [5.74, 6) is 0. The Labute approximate surface area is 74.7 Å². The van der Waals surface area contributed by atoms with Crippen LogP contribution in [0.1, 0.15) is 39.0 Å². The molecule has 1 saturated carbocycles. The highest BCUT2D eigenvalue weighted by Gasteiger charge is 2.45. The van der Waals surface area contributed by atoms with Crippen molar-refractivity contribution in [2.45, 2.75) is 50.7 Å². The Hall–Kier alpha value is -0.0800. The molecular formula is C10H19NO. The Kier molecular flexibility index (Phi) is 2.37. The molecule has 1 N–H and O–H groups in total. The number of hydrogen-bond donors (Lipinski definition) is 1. The molecule has 1 aliphatic heterocycles. The largest absolute Gasteiger partial charge is 0.373 e. The first-order valence-corrected chi connectivity index (χ1v) is 5.25. The second kappa shape index (κ2) is 3.35. The molecule has 2 fully saturated rings. The maximum Gasteiger partial charge on any atom is 0.0835 e. The van der Waals surface area contributed by atoms with E-state index in [-0.39, 0.29) is 5.60 Å².